The van der Waals surface area contributed by atoms with Crippen molar-refractivity contribution in [3.63, 3.8) is 0 Å². The van der Waals surface area contributed by atoms with Gasteiger partial charge in [-0.05, 0) is 38.0 Å². The number of hydrogen-bond donors (Lipinski definition) is 1. The van der Waals surface area contributed by atoms with E-state index in [0.717, 1.165) is 50.5 Å². The smallest absolute Gasteiger partial charge is 0.308 e. The van der Waals surface area contributed by atoms with E-state index < -0.39 is 6.10 Å². The molecule has 30 heavy (non-hydrogen) atoms. The number of carbonyl (C=O) groups is 2. The number of Topliss-reactive ketones (excluding diaryl/α,β-unsaturated/α-hetero) is 1. The molecule has 0 saturated carbocycles. The highest BCUT2D eigenvalue weighted by atomic mass is 16.5. The number of rotatable bonds is 2. The summed E-state index contributed by atoms with van der Waals surface area (Å²) in [5.41, 5.74) is 0.897. The van der Waals surface area contributed by atoms with Crippen molar-refractivity contribution in [3.8, 4) is 0 Å². The highest BCUT2D eigenvalue weighted by Gasteiger charge is 2.35. The van der Waals surface area contributed by atoms with Gasteiger partial charge in [0.1, 0.15) is 12.2 Å². The molecule has 2 saturated heterocycles. The number of aliphatic hydroxyl groups is 1. The van der Waals surface area contributed by atoms with Crippen molar-refractivity contribution in [3.05, 3.63) is 12.2 Å². The van der Waals surface area contributed by atoms with Crippen LogP contribution in [-0.2, 0) is 19.1 Å². The average Bonchev–Trinajstić information content (AvgIpc) is 3.02. The van der Waals surface area contributed by atoms with Gasteiger partial charge in [-0.1, -0.05) is 59.1 Å². The molecule has 0 spiro atoms. The molecule has 0 radical (unpaired) electrons. The number of ketones is 1. The van der Waals surface area contributed by atoms with Crippen LogP contribution in [0.5, 0.6) is 0 Å². The van der Waals surface area contributed by atoms with Crippen LogP contribution in [0.2, 0.25) is 0 Å². The third-order valence-corrected chi connectivity index (χ3v) is 6.72. The fraction of sp³-hybridized carbons (Fsp3) is 0.840. The molecular formula is C25H42O5. The number of esters is 1. The quantitative estimate of drug-likeness (QED) is 0.501. The van der Waals surface area contributed by atoms with Crippen LogP contribution in [0.3, 0.4) is 0 Å². The molecule has 0 amide bonds. The van der Waals surface area contributed by atoms with Crippen molar-refractivity contribution < 1.29 is 24.2 Å². The first-order valence-corrected chi connectivity index (χ1v) is 12.0. The number of fused-ring (bicyclic) bond motifs is 2. The van der Waals surface area contributed by atoms with E-state index in [0.29, 0.717) is 25.2 Å². The molecular weight excluding hydrogens is 380 g/mol. The Labute approximate surface area is 182 Å². The van der Waals surface area contributed by atoms with Gasteiger partial charge in [0.25, 0.3) is 0 Å². The zero-order valence-electron chi connectivity index (χ0n) is 19.4. The summed E-state index contributed by atoms with van der Waals surface area (Å²) < 4.78 is 12.0. The van der Waals surface area contributed by atoms with Crippen LogP contribution in [0.25, 0.3) is 0 Å². The van der Waals surface area contributed by atoms with Gasteiger partial charge in [0.2, 0.25) is 0 Å². The first kappa shape index (κ1) is 25.1. The van der Waals surface area contributed by atoms with E-state index in [1.54, 1.807) is 0 Å². The minimum atomic E-state index is -0.993. The monoisotopic (exact) mass is 422 g/mol. The maximum Gasteiger partial charge on any atom is 0.308 e. The average molecular weight is 423 g/mol. The fourth-order valence-electron chi connectivity index (χ4n) is 4.86. The first-order valence-electron chi connectivity index (χ1n) is 12.0. The molecule has 5 nitrogen and oxygen atoms in total. The summed E-state index contributed by atoms with van der Waals surface area (Å²) in [6, 6.07) is 0. The lowest BCUT2D eigenvalue weighted by atomic mass is 9.89. The van der Waals surface area contributed by atoms with Crippen molar-refractivity contribution in [1.29, 1.82) is 0 Å². The SMILES string of the molecule is C=C1CC(CCC)OC(=O)[C@@H](C)CCCC[C@@H]2O[C@@H](C[C@H](O)C(=O)[C@H](C)C1)C[C@@H]2C. The second kappa shape index (κ2) is 12.0. The molecule has 0 aromatic heterocycles. The predicted molar refractivity (Wildman–Crippen MR) is 118 cm³/mol. The zero-order chi connectivity index (χ0) is 22.3. The van der Waals surface area contributed by atoms with Gasteiger partial charge in [-0.3, -0.25) is 9.59 Å². The molecule has 5 heteroatoms. The summed E-state index contributed by atoms with van der Waals surface area (Å²) in [5, 5.41) is 10.5. The van der Waals surface area contributed by atoms with Crippen LogP contribution < -0.4 is 0 Å². The highest BCUT2D eigenvalue weighted by Crippen LogP contribution is 2.33. The molecule has 0 aromatic rings. The molecule has 2 heterocycles. The van der Waals surface area contributed by atoms with Gasteiger partial charge in [0.05, 0.1) is 18.1 Å². The highest BCUT2D eigenvalue weighted by molar-refractivity contribution is 5.85. The van der Waals surface area contributed by atoms with Crippen LogP contribution >= 0.6 is 0 Å². The van der Waals surface area contributed by atoms with Gasteiger partial charge in [-0.2, -0.15) is 0 Å². The molecule has 2 aliphatic rings. The molecule has 2 bridgehead atoms. The third-order valence-electron chi connectivity index (χ3n) is 6.72. The van der Waals surface area contributed by atoms with E-state index in [1.807, 2.05) is 13.8 Å². The van der Waals surface area contributed by atoms with Crippen LogP contribution in [-0.4, -0.2) is 41.3 Å². The normalized spacial score (nSPS) is 38.0. The third kappa shape index (κ3) is 7.49. The first-order chi connectivity index (χ1) is 14.2. The summed E-state index contributed by atoms with van der Waals surface area (Å²) in [6.45, 7) is 12.2. The lowest BCUT2D eigenvalue weighted by molar-refractivity contribution is -0.154. The molecule has 0 aromatic carbocycles. The van der Waals surface area contributed by atoms with Gasteiger partial charge in [0, 0.05) is 18.8 Å². The Morgan fingerprint density at radius 3 is 2.43 bits per heavy atom. The number of carbonyl (C=O) groups excluding carboxylic acids is 2. The van der Waals surface area contributed by atoms with Gasteiger partial charge in [-0.15, -0.1) is 0 Å². The second-order valence-electron chi connectivity index (χ2n) is 9.76. The van der Waals surface area contributed by atoms with Crippen molar-refractivity contribution in [2.45, 2.75) is 116 Å². The van der Waals surface area contributed by atoms with Crippen LogP contribution in [0.1, 0.15) is 91.9 Å². The lowest BCUT2D eigenvalue weighted by Crippen LogP contribution is -2.31. The number of ether oxygens (including phenoxy) is 2. The lowest BCUT2D eigenvalue weighted by Gasteiger charge is -2.23. The fourth-order valence-corrected chi connectivity index (χ4v) is 4.86. The number of hydrogen-bond acceptors (Lipinski definition) is 5. The zero-order valence-corrected chi connectivity index (χ0v) is 19.4. The summed E-state index contributed by atoms with van der Waals surface area (Å²) in [4.78, 5) is 25.3. The Hall–Kier alpha value is -1.20. The van der Waals surface area contributed by atoms with Gasteiger partial charge < -0.3 is 14.6 Å². The van der Waals surface area contributed by atoms with E-state index in [2.05, 4.69) is 20.4 Å². The molecule has 1 N–H and O–H groups in total. The number of aliphatic hydroxyl groups excluding tert-OH is 1. The molecule has 2 rings (SSSR count). The van der Waals surface area contributed by atoms with E-state index in [4.69, 9.17) is 9.47 Å². The summed E-state index contributed by atoms with van der Waals surface area (Å²) in [6.07, 6.45) is 6.76. The van der Waals surface area contributed by atoms with Crippen molar-refractivity contribution >= 4 is 11.8 Å². The van der Waals surface area contributed by atoms with Crippen LogP contribution in [0, 0.1) is 17.8 Å². The van der Waals surface area contributed by atoms with Crippen LogP contribution in [0.4, 0.5) is 0 Å². The van der Waals surface area contributed by atoms with Gasteiger partial charge in [-0.25, -0.2) is 0 Å². The van der Waals surface area contributed by atoms with E-state index in [1.165, 1.54) is 0 Å². The maximum atomic E-state index is 12.7. The van der Waals surface area contributed by atoms with E-state index >= 15 is 0 Å². The predicted octanol–water partition coefficient (Wildman–Crippen LogP) is 4.99. The van der Waals surface area contributed by atoms with Gasteiger partial charge in [0.15, 0.2) is 5.78 Å². The minimum absolute atomic E-state index is 0.0546. The second-order valence-corrected chi connectivity index (χ2v) is 9.76. The van der Waals surface area contributed by atoms with E-state index in [9.17, 15) is 14.7 Å². The molecule has 172 valence electrons. The summed E-state index contributed by atoms with van der Waals surface area (Å²) in [5.74, 6) is -0.268. The van der Waals surface area contributed by atoms with Crippen molar-refractivity contribution in [1.82, 2.24) is 0 Å². The topological polar surface area (TPSA) is 72.8 Å². The standard InChI is InChI=1S/C25H42O5/c1-6-9-20-13-16(2)12-19(5)24(27)22(26)15-21-14-18(4)23(29-21)11-8-7-10-17(3)25(28)30-20/h17-23,26H,2,6-15H2,1,3-5H3/t17-,18-,19+,20?,21+,22-,23-/m0/s1. The van der Waals surface area contributed by atoms with Gasteiger partial charge >= 0.3 is 5.97 Å². The number of cyclic esters (lactones) is 1. The molecule has 7 atom stereocenters. The van der Waals surface area contributed by atoms with Crippen LogP contribution in [0.15, 0.2) is 12.2 Å². The Bertz CT molecular complexity index is 586. The van der Waals surface area contributed by atoms with Crippen molar-refractivity contribution in [2.75, 3.05) is 0 Å². The molecule has 0 aliphatic carbocycles. The largest absolute Gasteiger partial charge is 0.462 e. The Morgan fingerprint density at radius 2 is 1.73 bits per heavy atom. The molecule has 2 fully saturated rings. The Kier molecular flexibility index (Phi) is 10.0. The summed E-state index contributed by atoms with van der Waals surface area (Å²) >= 11 is 0. The Balaban J connectivity index is 2.09. The maximum absolute atomic E-state index is 12.7. The molecule has 1 unspecified atom stereocenters. The molecule has 2 aliphatic heterocycles. The van der Waals surface area contributed by atoms with E-state index in [-0.39, 0.29) is 41.9 Å². The Morgan fingerprint density at radius 1 is 1.03 bits per heavy atom. The van der Waals surface area contributed by atoms with Crippen molar-refractivity contribution in [2.24, 2.45) is 17.8 Å². The minimum Gasteiger partial charge on any atom is -0.462 e. The summed E-state index contributed by atoms with van der Waals surface area (Å²) in [7, 11) is 0.